The van der Waals surface area contributed by atoms with Crippen molar-refractivity contribution in [3.63, 3.8) is 0 Å². The Kier molecular flexibility index (Phi) is 5.79. The molecule has 1 amide bonds. The largest absolute Gasteiger partial charge is 0.484 e. The number of benzene rings is 2. The number of hydrogen-bond donors (Lipinski definition) is 1. The number of anilines is 2. The van der Waals surface area contributed by atoms with Crippen LogP contribution in [-0.2, 0) is 9.53 Å². The molecular weight excluding hydrogens is 340 g/mol. The topological polar surface area (TPSA) is 50.8 Å². The molecule has 0 bridgehead atoms. The van der Waals surface area contributed by atoms with E-state index in [-0.39, 0.29) is 12.5 Å². The third-order valence-electron chi connectivity index (χ3n) is 3.98. The summed E-state index contributed by atoms with van der Waals surface area (Å²) in [6, 6.07) is 13.1. The van der Waals surface area contributed by atoms with E-state index in [9.17, 15) is 4.79 Å². The van der Waals surface area contributed by atoms with E-state index in [2.05, 4.69) is 10.2 Å². The summed E-state index contributed by atoms with van der Waals surface area (Å²) < 4.78 is 10.9. The van der Waals surface area contributed by atoms with Crippen LogP contribution in [0.1, 0.15) is 5.56 Å². The lowest BCUT2D eigenvalue weighted by atomic mass is 10.2. The van der Waals surface area contributed by atoms with Crippen molar-refractivity contribution in [1.29, 1.82) is 0 Å². The molecule has 132 valence electrons. The average molecular weight is 361 g/mol. The Hall–Kier alpha value is -2.24. The molecule has 5 nitrogen and oxygen atoms in total. The lowest BCUT2D eigenvalue weighted by Crippen LogP contribution is -2.37. The van der Waals surface area contributed by atoms with Crippen LogP contribution in [0.15, 0.2) is 42.5 Å². The monoisotopic (exact) mass is 360 g/mol. The van der Waals surface area contributed by atoms with Crippen LogP contribution in [-0.4, -0.2) is 38.8 Å². The maximum atomic E-state index is 12.3. The number of nitrogens with one attached hydrogen (secondary N) is 1. The van der Waals surface area contributed by atoms with Crippen LogP contribution >= 0.6 is 11.6 Å². The van der Waals surface area contributed by atoms with Crippen LogP contribution in [0.2, 0.25) is 5.02 Å². The maximum absolute atomic E-state index is 12.3. The quantitative estimate of drug-likeness (QED) is 0.886. The highest BCUT2D eigenvalue weighted by Crippen LogP contribution is 2.29. The molecule has 1 N–H and O–H groups in total. The van der Waals surface area contributed by atoms with E-state index < -0.39 is 0 Å². The number of carbonyl (C=O) groups excluding carboxylic acids is 1. The number of amides is 1. The molecule has 1 aliphatic heterocycles. The summed E-state index contributed by atoms with van der Waals surface area (Å²) in [6.45, 7) is 4.86. The van der Waals surface area contributed by atoms with E-state index in [1.165, 1.54) is 0 Å². The Morgan fingerprint density at radius 3 is 2.64 bits per heavy atom. The zero-order chi connectivity index (χ0) is 17.6. The second kappa shape index (κ2) is 8.23. The predicted molar refractivity (Wildman–Crippen MR) is 99.8 cm³/mol. The van der Waals surface area contributed by atoms with Crippen molar-refractivity contribution in [1.82, 2.24) is 0 Å². The number of nitrogens with zero attached hydrogens (tertiary/aromatic N) is 1. The van der Waals surface area contributed by atoms with E-state index in [1.54, 1.807) is 6.07 Å². The molecule has 2 aromatic rings. The van der Waals surface area contributed by atoms with Gasteiger partial charge in [-0.2, -0.15) is 0 Å². The smallest absolute Gasteiger partial charge is 0.262 e. The van der Waals surface area contributed by atoms with E-state index in [1.807, 2.05) is 43.3 Å². The van der Waals surface area contributed by atoms with Crippen LogP contribution in [0, 0.1) is 6.92 Å². The molecule has 0 unspecified atom stereocenters. The molecule has 0 saturated carbocycles. The summed E-state index contributed by atoms with van der Waals surface area (Å²) in [5.41, 5.74) is 2.77. The highest BCUT2D eigenvalue weighted by atomic mass is 35.5. The van der Waals surface area contributed by atoms with Gasteiger partial charge in [-0.3, -0.25) is 4.79 Å². The fourth-order valence-corrected chi connectivity index (χ4v) is 2.83. The summed E-state index contributed by atoms with van der Waals surface area (Å²) in [4.78, 5) is 14.5. The summed E-state index contributed by atoms with van der Waals surface area (Å²) >= 11 is 6.10. The first-order valence-electron chi connectivity index (χ1n) is 8.23. The molecule has 25 heavy (non-hydrogen) atoms. The molecule has 6 heteroatoms. The van der Waals surface area contributed by atoms with Gasteiger partial charge >= 0.3 is 0 Å². The Balaban J connectivity index is 1.65. The molecule has 1 saturated heterocycles. The van der Waals surface area contributed by atoms with Gasteiger partial charge in [0.25, 0.3) is 5.91 Å². The van der Waals surface area contributed by atoms with E-state index in [0.29, 0.717) is 29.7 Å². The van der Waals surface area contributed by atoms with Crippen molar-refractivity contribution >= 4 is 28.9 Å². The summed E-state index contributed by atoms with van der Waals surface area (Å²) in [7, 11) is 0. The van der Waals surface area contributed by atoms with Crippen molar-refractivity contribution < 1.29 is 14.3 Å². The zero-order valence-electron chi connectivity index (χ0n) is 14.1. The first-order valence-corrected chi connectivity index (χ1v) is 8.61. The highest BCUT2D eigenvalue weighted by Gasteiger charge is 2.16. The lowest BCUT2D eigenvalue weighted by molar-refractivity contribution is -0.118. The van der Waals surface area contributed by atoms with Gasteiger partial charge in [0, 0.05) is 18.1 Å². The predicted octanol–water partition coefficient (Wildman–Crippen LogP) is 3.50. The van der Waals surface area contributed by atoms with Gasteiger partial charge in [-0.1, -0.05) is 29.3 Å². The van der Waals surface area contributed by atoms with Gasteiger partial charge in [-0.05, 0) is 37.3 Å². The van der Waals surface area contributed by atoms with E-state index in [0.717, 1.165) is 24.3 Å². The molecular formula is C19H21ClN2O3. The van der Waals surface area contributed by atoms with Crippen LogP contribution < -0.4 is 15.0 Å². The Bertz CT molecular complexity index is 728. The van der Waals surface area contributed by atoms with Gasteiger partial charge in [0.1, 0.15) is 5.75 Å². The Morgan fingerprint density at radius 1 is 1.20 bits per heavy atom. The number of aryl methyl sites for hydroxylation is 1. The van der Waals surface area contributed by atoms with Crippen LogP contribution in [0.5, 0.6) is 5.75 Å². The molecule has 1 heterocycles. The molecule has 0 spiro atoms. The van der Waals surface area contributed by atoms with Crippen molar-refractivity contribution in [3.05, 3.63) is 53.1 Å². The van der Waals surface area contributed by atoms with Gasteiger partial charge in [-0.15, -0.1) is 0 Å². The number of morpholine rings is 1. The number of halogens is 1. The molecule has 1 aliphatic rings. The van der Waals surface area contributed by atoms with Crippen LogP contribution in [0.3, 0.4) is 0 Å². The maximum Gasteiger partial charge on any atom is 0.262 e. The minimum Gasteiger partial charge on any atom is -0.484 e. The van der Waals surface area contributed by atoms with E-state index >= 15 is 0 Å². The molecule has 0 atom stereocenters. The highest BCUT2D eigenvalue weighted by molar-refractivity contribution is 6.31. The third-order valence-corrected chi connectivity index (χ3v) is 4.21. The van der Waals surface area contributed by atoms with Gasteiger partial charge in [-0.25, -0.2) is 0 Å². The Morgan fingerprint density at radius 2 is 1.92 bits per heavy atom. The fourth-order valence-electron chi connectivity index (χ4n) is 2.66. The second-order valence-electron chi connectivity index (χ2n) is 5.91. The minimum absolute atomic E-state index is 0.0574. The van der Waals surface area contributed by atoms with Gasteiger partial charge in [0.15, 0.2) is 6.61 Å². The summed E-state index contributed by atoms with van der Waals surface area (Å²) in [6.07, 6.45) is 0. The fraction of sp³-hybridized carbons (Fsp3) is 0.316. The van der Waals surface area contributed by atoms with Crippen LogP contribution in [0.25, 0.3) is 0 Å². The molecule has 0 aliphatic carbocycles. The molecule has 1 fully saturated rings. The zero-order valence-corrected chi connectivity index (χ0v) is 14.9. The van der Waals surface area contributed by atoms with Gasteiger partial charge in [0.05, 0.1) is 24.6 Å². The molecule has 0 radical (unpaired) electrons. The minimum atomic E-state index is -0.225. The van der Waals surface area contributed by atoms with E-state index in [4.69, 9.17) is 21.1 Å². The number of rotatable bonds is 5. The normalized spacial score (nSPS) is 14.2. The van der Waals surface area contributed by atoms with Crippen LogP contribution in [0.4, 0.5) is 11.4 Å². The van der Waals surface area contributed by atoms with Gasteiger partial charge < -0.3 is 19.7 Å². The second-order valence-corrected chi connectivity index (χ2v) is 6.35. The van der Waals surface area contributed by atoms with Crippen molar-refractivity contribution in [3.8, 4) is 5.75 Å². The first kappa shape index (κ1) is 17.6. The summed E-state index contributed by atoms with van der Waals surface area (Å²) in [5.74, 6) is 0.442. The Labute approximate surface area is 152 Å². The standard InChI is InChI=1S/C19H21ClN2O3/c1-14-2-5-16(6-3-14)25-13-19(23)21-17-12-15(20)4-7-18(17)22-8-10-24-11-9-22/h2-7,12H,8-11,13H2,1H3,(H,21,23). The third kappa shape index (κ3) is 4.87. The number of ether oxygens (including phenoxy) is 2. The van der Waals surface area contributed by atoms with Gasteiger partial charge in [0.2, 0.25) is 0 Å². The van der Waals surface area contributed by atoms with Crippen molar-refractivity contribution in [2.45, 2.75) is 6.92 Å². The molecule has 0 aromatic heterocycles. The first-order chi connectivity index (χ1) is 12.1. The van der Waals surface area contributed by atoms with Crippen molar-refractivity contribution in [2.75, 3.05) is 43.1 Å². The molecule has 2 aromatic carbocycles. The number of carbonyl (C=O) groups is 1. The average Bonchev–Trinajstić information content (AvgIpc) is 2.62. The SMILES string of the molecule is Cc1ccc(OCC(=O)Nc2cc(Cl)ccc2N2CCOCC2)cc1. The molecule has 3 rings (SSSR count). The lowest BCUT2D eigenvalue weighted by Gasteiger charge is -2.30. The summed E-state index contributed by atoms with van der Waals surface area (Å²) in [5, 5.41) is 3.48. The van der Waals surface area contributed by atoms with Crippen molar-refractivity contribution in [2.24, 2.45) is 0 Å². The number of hydrogen-bond acceptors (Lipinski definition) is 4.